The van der Waals surface area contributed by atoms with Crippen molar-refractivity contribution in [2.45, 2.75) is 25.9 Å². The van der Waals surface area contributed by atoms with E-state index in [4.69, 9.17) is 9.84 Å². The Morgan fingerprint density at radius 1 is 1.17 bits per heavy atom. The largest absolute Gasteiger partial charge is 0.437 e. The molecule has 4 heteroatoms. The van der Waals surface area contributed by atoms with E-state index in [0.29, 0.717) is 11.6 Å². The van der Waals surface area contributed by atoms with E-state index in [2.05, 4.69) is 22.1 Å². The predicted molar refractivity (Wildman–Crippen MR) is 66.5 cm³/mol. The maximum Gasteiger partial charge on any atom is 0.238 e. The second kappa shape index (κ2) is 4.74. The van der Waals surface area contributed by atoms with Crippen LogP contribution in [0.25, 0.3) is 0 Å². The molecular weight excluding hydrogens is 228 g/mol. The highest BCUT2D eigenvalue weighted by Gasteiger charge is 2.11. The van der Waals surface area contributed by atoms with Crippen LogP contribution in [0.4, 0.5) is 0 Å². The maximum atomic E-state index is 9.00. The summed E-state index contributed by atoms with van der Waals surface area (Å²) in [7, 11) is 0. The average Bonchev–Trinajstić information content (AvgIpc) is 2.86. The van der Waals surface area contributed by atoms with Crippen LogP contribution in [0.2, 0.25) is 0 Å². The molecule has 0 bridgehead atoms. The molecule has 1 aromatic carbocycles. The average molecular weight is 242 g/mol. The van der Waals surface area contributed by atoms with Crippen molar-refractivity contribution in [2.24, 2.45) is 0 Å². The summed E-state index contributed by atoms with van der Waals surface area (Å²) >= 11 is 0. The number of benzene rings is 1. The summed E-state index contributed by atoms with van der Waals surface area (Å²) in [6.45, 7) is -0.131. The summed E-state index contributed by atoms with van der Waals surface area (Å²) in [5.41, 5.74) is 3.28. The number of aryl methyl sites for hydroxylation is 2. The fourth-order valence-corrected chi connectivity index (χ4v) is 2.24. The summed E-state index contributed by atoms with van der Waals surface area (Å²) in [5, 5.41) is 9.00. The van der Waals surface area contributed by atoms with Crippen LogP contribution < -0.4 is 4.74 Å². The zero-order valence-electron chi connectivity index (χ0n) is 9.97. The van der Waals surface area contributed by atoms with Crippen LogP contribution in [0.5, 0.6) is 11.6 Å². The standard InChI is InChI=1S/C14H14N2O2/c17-9-12-7-15-8-14(16-12)18-13-5-4-10-2-1-3-11(10)6-13/h4-8,17H,1-3,9H2. The Balaban J connectivity index is 1.83. The number of hydrogen-bond acceptors (Lipinski definition) is 4. The van der Waals surface area contributed by atoms with Crippen LogP contribution >= 0.6 is 0 Å². The van der Waals surface area contributed by atoms with Gasteiger partial charge in [-0.3, -0.25) is 4.98 Å². The quantitative estimate of drug-likeness (QED) is 0.896. The van der Waals surface area contributed by atoms with Crippen LogP contribution in [0.3, 0.4) is 0 Å². The van der Waals surface area contributed by atoms with Crippen molar-refractivity contribution in [3.05, 3.63) is 47.4 Å². The molecule has 2 aromatic rings. The van der Waals surface area contributed by atoms with E-state index in [0.717, 1.165) is 18.6 Å². The monoisotopic (exact) mass is 242 g/mol. The van der Waals surface area contributed by atoms with Crippen molar-refractivity contribution in [3.8, 4) is 11.6 Å². The molecule has 0 saturated heterocycles. The molecule has 0 aliphatic heterocycles. The van der Waals surface area contributed by atoms with Gasteiger partial charge in [-0.2, -0.15) is 0 Å². The minimum Gasteiger partial charge on any atom is -0.437 e. The van der Waals surface area contributed by atoms with E-state index in [1.807, 2.05) is 6.07 Å². The summed E-state index contributed by atoms with van der Waals surface area (Å²) in [6, 6.07) is 6.13. The predicted octanol–water partition coefficient (Wildman–Crippen LogP) is 2.25. The normalized spacial score (nSPS) is 13.4. The lowest BCUT2D eigenvalue weighted by atomic mass is 10.1. The molecule has 3 rings (SSSR count). The Hall–Kier alpha value is -1.94. The van der Waals surface area contributed by atoms with Gasteiger partial charge in [0.1, 0.15) is 5.75 Å². The van der Waals surface area contributed by atoms with Gasteiger partial charge in [0, 0.05) is 0 Å². The Morgan fingerprint density at radius 3 is 2.94 bits per heavy atom. The summed E-state index contributed by atoms with van der Waals surface area (Å²) in [5.74, 6) is 1.19. The molecule has 0 atom stereocenters. The summed E-state index contributed by atoms with van der Waals surface area (Å²) < 4.78 is 5.66. The van der Waals surface area contributed by atoms with Crippen molar-refractivity contribution in [1.82, 2.24) is 9.97 Å². The van der Waals surface area contributed by atoms with E-state index < -0.39 is 0 Å². The fraction of sp³-hybridized carbons (Fsp3) is 0.286. The van der Waals surface area contributed by atoms with Crippen molar-refractivity contribution >= 4 is 0 Å². The van der Waals surface area contributed by atoms with Crippen LogP contribution in [0.15, 0.2) is 30.6 Å². The third-order valence-corrected chi connectivity index (χ3v) is 3.12. The first kappa shape index (κ1) is 11.2. The van der Waals surface area contributed by atoms with Gasteiger partial charge in [-0.25, -0.2) is 4.98 Å². The molecule has 18 heavy (non-hydrogen) atoms. The zero-order valence-corrected chi connectivity index (χ0v) is 9.97. The van der Waals surface area contributed by atoms with Gasteiger partial charge in [-0.05, 0) is 42.5 Å². The van der Waals surface area contributed by atoms with Gasteiger partial charge in [0.25, 0.3) is 0 Å². The van der Waals surface area contributed by atoms with Gasteiger partial charge >= 0.3 is 0 Å². The molecule has 1 aromatic heterocycles. The Morgan fingerprint density at radius 2 is 2.06 bits per heavy atom. The molecule has 0 unspecified atom stereocenters. The lowest BCUT2D eigenvalue weighted by Crippen LogP contribution is -1.95. The van der Waals surface area contributed by atoms with Crippen LogP contribution in [-0.2, 0) is 19.4 Å². The minimum absolute atomic E-state index is 0.131. The topological polar surface area (TPSA) is 55.2 Å². The van der Waals surface area contributed by atoms with E-state index in [-0.39, 0.29) is 6.61 Å². The number of nitrogens with zero attached hydrogens (tertiary/aromatic N) is 2. The van der Waals surface area contributed by atoms with Gasteiger partial charge in [-0.1, -0.05) is 6.07 Å². The fourth-order valence-electron chi connectivity index (χ4n) is 2.24. The van der Waals surface area contributed by atoms with E-state index in [9.17, 15) is 0 Å². The Labute approximate surface area is 105 Å². The molecule has 4 nitrogen and oxygen atoms in total. The molecule has 1 heterocycles. The third kappa shape index (κ3) is 2.19. The highest BCUT2D eigenvalue weighted by molar-refractivity contribution is 5.39. The first-order valence-electron chi connectivity index (χ1n) is 6.06. The summed E-state index contributed by atoms with van der Waals surface area (Å²) in [6.07, 6.45) is 6.57. The zero-order chi connectivity index (χ0) is 12.4. The smallest absolute Gasteiger partial charge is 0.238 e. The molecule has 92 valence electrons. The van der Waals surface area contributed by atoms with Crippen molar-refractivity contribution in [2.75, 3.05) is 0 Å². The molecule has 0 fully saturated rings. The molecule has 0 amide bonds. The van der Waals surface area contributed by atoms with Gasteiger partial charge in [-0.15, -0.1) is 0 Å². The Kier molecular flexibility index (Phi) is 2.94. The van der Waals surface area contributed by atoms with Crippen LogP contribution in [0.1, 0.15) is 23.2 Å². The number of aliphatic hydroxyl groups excluding tert-OH is 1. The molecule has 0 saturated carbocycles. The summed E-state index contributed by atoms with van der Waals surface area (Å²) in [4.78, 5) is 8.12. The number of aliphatic hydroxyl groups is 1. The second-order valence-electron chi connectivity index (χ2n) is 4.39. The number of aromatic nitrogens is 2. The SMILES string of the molecule is OCc1cncc(Oc2ccc3c(c2)CCC3)n1. The van der Waals surface area contributed by atoms with Gasteiger partial charge < -0.3 is 9.84 Å². The van der Waals surface area contributed by atoms with Crippen LogP contribution in [-0.4, -0.2) is 15.1 Å². The van der Waals surface area contributed by atoms with Crippen molar-refractivity contribution in [3.63, 3.8) is 0 Å². The van der Waals surface area contributed by atoms with Gasteiger partial charge in [0.05, 0.1) is 24.7 Å². The van der Waals surface area contributed by atoms with E-state index in [1.54, 1.807) is 6.20 Å². The van der Waals surface area contributed by atoms with Crippen molar-refractivity contribution < 1.29 is 9.84 Å². The Bertz CT molecular complexity index is 569. The first-order valence-corrected chi connectivity index (χ1v) is 6.06. The number of hydrogen-bond donors (Lipinski definition) is 1. The second-order valence-corrected chi connectivity index (χ2v) is 4.39. The first-order chi connectivity index (χ1) is 8.85. The van der Waals surface area contributed by atoms with Crippen LogP contribution in [0, 0.1) is 0 Å². The number of rotatable bonds is 3. The highest BCUT2D eigenvalue weighted by Crippen LogP contribution is 2.28. The third-order valence-electron chi connectivity index (χ3n) is 3.12. The lowest BCUT2D eigenvalue weighted by Gasteiger charge is -2.07. The molecule has 1 aliphatic rings. The number of ether oxygens (including phenoxy) is 1. The van der Waals surface area contributed by atoms with Crippen molar-refractivity contribution in [1.29, 1.82) is 0 Å². The van der Waals surface area contributed by atoms with E-state index in [1.165, 1.54) is 23.7 Å². The maximum absolute atomic E-state index is 9.00. The number of fused-ring (bicyclic) bond motifs is 1. The molecule has 0 spiro atoms. The molecule has 0 radical (unpaired) electrons. The van der Waals surface area contributed by atoms with Gasteiger partial charge in [0.15, 0.2) is 0 Å². The van der Waals surface area contributed by atoms with Gasteiger partial charge in [0.2, 0.25) is 5.88 Å². The lowest BCUT2D eigenvalue weighted by molar-refractivity contribution is 0.274. The molecular formula is C14H14N2O2. The minimum atomic E-state index is -0.131. The molecule has 1 aliphatic carbocycles. The van der Waals surface area contributed by atoms with E-state index >= 15 is 0 Å². The molecule has 1 N–H and O–H groups in total. The highest BCUT2D eigenvalue weighted by atomic mass is 16.5.